The highest BCUT2D eigenvalue weighted by Gasteiger charge is 2.24. The Kier molecular flexibility index (Phi) is 5.42. The van der Waals surface area contributed by atoms with Crippen LogP contribution in [0.4, 0.5) is 11.4 Å². The maximum Gasteiger partial charge on any atom is 0.251 e. The molecule has 1 aliphatic heterocycles. The molecule has 148 valence electrons. The lowest BCUT2D eigenvalue weighted by Gasteiger charge is -2.19. The third-order valence-corrected chi connectivity index (χ3v) is 5.04. The van der Waals surface area contributed by atoms with Gasteiger partial charge in [0.2, 0.25) is 11.8 Å². The minimum Gasteiger partial charge on any atom is -0.349 e. The highest BCUT2D eigenvalue weighted by molar-refractivity contribution is 6.06. The molecule has 1 heterocycles. The first-order valence-corrected chi connectivity index (χ1v) is 9.89. The molecule has 3 amide bonds. The van der Waals surface area contributed by atoms with E-state index in [9.17, 15) is 14.4 Å². The number of nitrogens with zero attached hydrogens (tertiary/aromatic N) is 1. The van der Waals surface area contributed by atoms with E-state index in [0.717, 1.165) is 30.5 Å². The van der Waals surface area contributed by atoms with Crippen LogP contribution in [-0.4, -0.2) is 30.3 Å². The number of carbonyl (C=O) groups excluding carboxylic acids is 3. The van der Waals surface area contributed by atoms with Crippen LogP contribution in [0.3, 0.4) is 0 Å². The molecule has 2 aliphatic rings. The lowest BCUT2D eigenvalue weighted by atomic mass is 10.1. The fraction of sp³-hybridized carbons (Fsp3) is 0.261. The summed E-state index contributed by atoms with van der Waals surface area (Å²) in [6.07, 6.45) is 6.61. The van der Waals surface area contributed by atoms with Crippen molar-refractivity contribution in [1.82, 2.24) is 5.32 Å². The van der Waals surface area contributed by atoms with Crippen molar-refractivity contribution in [3.63, 3.8) is 0 Å². The molecule has 2 aromatic rings. The summed E-state index contributed by atoms with van der Waals surface area (Å²) in [5.41, 5.74) is 2.78. The van der Waals surface area contributed by atoms with E-state index >= 15 is 0 Å². The molecule has 1 saturated heterocycles. The zero-order valence-corrected chi connectivity index (χ0v) is 16.1. The Hall–Kier alpha value is -3.41. The van der Waals surface area contributed by atoms with Gasteiger partial charge in [-0.05, 0) is 55.2 Å². The lowest BCUT2D eigenvalue weighted by molar-refractivity contribution is -0.117. The second-order valence-electron chi connectivity index (χ2n) is 7.36. The number of nitrogens with one attached hydrogen (secondary N) is 2. The maximum absolute atomic E-state index is 12.4. The average Bonchev–Trinajstić information content (AvgIpc) is 3.45. The van der Waals surface area contributed by atoms with E-state index in [4.69, 9.17) is 0 Å². The second-order valence-corrected chi connectivity index (χ2v) is 7.36. The number of rotatable bonds is 6. The van der Waals surface area contributed by atoms with Crippen LogP contribution >= 0.6 is 0 Å². The molecule has 1 saturated carbocycles. The third kappa shape index (κ3) is 4.71. The minimum atomic E-state index is -0.278. The van der Waals surface area contributed by atoms with E-state index in [0.29, 0.717) is 30.3 Å². The van der Waals surface area contributed by atoms with Gasteiger partial charge >= 0.3 is 0 Å². The molecule has 4 rings (SSSR count). The van der Waals surface area contributed by atoms with Crippen molar-refractivity contribution in [2.24, 2.45) is 0 Å². The number of hydrogen-bond acceptors (Lipinski definition) is 3. The van der Waals surface area contributed by atoms with Gasteiger partial charge in [0, 0.05) is 30.6 Å². The molecular weight excluding hydrogens is 366 g/mol. The molecule has 6 nitrogen and oxygen atoms in total. The van der Waals surface area contributed by atoms with Crippen LogP contribution in [-0.2, 0) is 9.59 Å². The number of hydrogen-bond donors (Lipinski definition) is 2. The van der Waals surface area contributed by atoms with Crippen LogP contribution in [0.15, 0.2) is 54.6 Å². The summed E-state index contributed by atoms with van der Waals surface area (Å²) >= 11 is 0. The molecule has 0 aromatic heterocycles. The predicted molar refractivity (Wildman–Crippen MR) is 113 cm³/mol. The van der Waals surface area contributed by atoms with Crippen molar-refractivity contribution in [2.75, 3.05) is 16.8 Å². The van der Waals surface area contributed by atoms with E-state index in [-0.39, 0.29) is 17.7 Å². The van der Waals surface area contributed by atoms with Crippen molar-refractivity contribution in [2.45, 2.75) is 31.7 Å². The summed E-state index contributed by atoms with van der Waals surface area (Å²) < 4.78 is 0. The van der Waals surface area contributed by atoms with Crippen LogP contribution in [0, 0.1) is 0 Å². The van der Waals surface area contributed by atoms with Gasteiger partial charge in [-0.2, -0.15) is 0 Å². The summed E-state index contributed by atoms with van der Waals surface area (Å²) in [6, 6.07) is 14.8. The molecule has 0 bridgehead atoms. The maximum atomic E-state index is 12.4. The van der Waals surface area contributed by atoms with Gasteiger partial charge in [-0.1, -0.05) is 24.3 Å². The molecule has 29 heavy (non-hydrogen) atoms. The van der Waals surface area contributed by atoms with E-state index in [2.05, 4.69) is 10.6 Å². The Bertz CT molecular complexity index is 962. The van der Waals surface area contributed by atoms with Gasteiger partial charge in [-0.25, -0.2) is 0 Å². The highest BCUT2D eigenvalue weighted by Crippen LogP contribution is 2.29. The quantitative estimate of drug-likeness (QED) is 0.744. The van der Waals surface area contributed by atoms with Crippen LogP contribution < -0.4 is 15.5 Å². The van der Waals surface area contributed by atoms with Gasteiger partial charge in [0.15, 0.2) is 0 Å². The van der Waals surface area contributed by atoms with Gasteiger partial charge in [0.05, 0.1) is 11.4 Å². The minimum absolute atomic E-state index is 0.0613. The van der Waals surface area contributed by atoms with Crippen molar-refractivity contribution in [3.8, 4) is 0 Å². The predicted octanol–water partition coefficient (Wildman–Crippen LogP) is 3.36. The Morgan fingerprint density at radius 2 is 1.79 bits per heavy atom. The first-order valence-electron chi connectivity index (χ1n) is 9.89. The molecular formula is C23H23N3O3. The largest absolute Gasteiger partial charge is 0.349 e. The molecule has 2 N–H and O–H groups in total. The summed E-state index contributed by atoms with van der Waals surface area (Å²) in [4.78, 5) is 38.1. The standard InChI is InChI=1S/C23H23N3O3/c27-21(25-19-4-1-2-5-20(19)26-15-3-6-22(26)28)14-9-16-7-10-17(11-8-16)23(29)24-18-12-13-18/h1-2,4-5,7-11,14,18H,3,6,12-13,15H2,(H,24,29)(H,25,27)/b14-9+. The first-order chi connectivity index (χ1) is 14.1. The number of anilines is 2. The summed E-state index contributed by atoms with van der Waals surface area (Å²) in [5, 5.41) is 5.80. The van der Waals surface area contributed by atoms with Gasteiger partial charge in [0.25, 0.3) is 5.91 Å². The monoisotopic (exact) mass is 389 g/mol. The Balaban J connectivity index is 1.39. The van der Waals surface area contributed by atoms with Gasteiger partial charge in [-0.15, -0.1) is 0 Å². The van der Waals surface area contributed by atoms with Crippen molar-refractivity contribution in [3.05, 3.63) is 65.7 Å². The normalized spacial score (nSPS) is 16.3. The molecule has 0 spiro atoms. The van der Waals surface area contributed by atoms with E-state index in [1.54, 1.807) is 29.2 Å². The van der Waals surface area contributed by atoms with Crippen LogP contribution in [0.2, 0.25) is 0 Å². The van der Waals surface area contributed by atoms with Crippen molar-refractivity contribution < 1.29 is 14.4 Å². The molecule has 6 heteroatoms. The molecule has 2 fully saturated rings. The molecule has 1 aliphatic carbocycles. The fourth-order valence-corrected chi connectivity index (χ4v) is 3.31. The topological polar surface area (TPSA) is 78.5 Å². The highest BCUT2D eigenvalue weighted by atomic mass is 16.2. The number of para-hydroxylation sites is 2. The SMILES string of the molecule is O=C(/C=C/c1ccc(C(=O)NC2CC2)cc1)Nc1ccccc1N1CCCC1=O. The van der Waals surface area contributed by atoms with Gasteiger partial charge in [-0.3, -0.25) is 14.4 Å². The zero-order chi connectivity index (χ0) is 20.2. The Labute approximate surface area is 169 Å². The van der Waals surface area contributed by atoms with Gasteiger partial charge < -0.3 is 15.5 Å². The number of benzene rings is 2. The summed E-state index contributed by atoms with van der Waals surface area (Å²) in [6.45, 7) is 0.669. The zero-order valence-electron chi connectivity index (χ0n) is 16.1. The number of amides is 3. The van der Waals surface area contributed by atoms with Crippen LogP contribution in [0.25, 0.3) is 6.08 Å². The molecule has 0 atom stereocenters. The summed E-state index contributed by atoms with van der Waals surface area (Å²) in [5.74, 6) is -0.262. The van der Waals surface area contributed by atoms with Gasteiger partial charge in [0.1, 0.15) is 0 Å². The molecule has 0 unspecified atom stereocenters. The van der Waals surface area contributed by atoms with E-state index in [1.165, 1.54) is 6.08 Å². The van der Waals surface area contributed by atoms with E-state index < -0.39 is 0 Å². The first kappa shape index (κ1) is 18.9. The Morgan fingerprint density at radius 3 is 2.48 bits per heavy atom. The lowest BCUT2D eigenvalue weighted by Crippen LogP contribution is -2.25. The fourth-order valence-electron chi connectivity index (χ4n) is 3.31. The Morgan fingerprint density at radius 1 is 1.03 bits per heavy atom. The van der Waals surface area contributed by atoms with Crippen LogP contribution in [0.1, 0.15) is 41.6 Å². The summed E-state index contributed by atoms with van der Waals surface area (Å²) in [7, 11) is 0. The molecule has 0 radical (unpaired) electrons. The van der Waals surface area contributed by atoms with Crippen molar-refractivity contribution in [1.29, 1.82) is 0 Å². The molecule has 2 aromatic carbocycles. The second kappa shape index (κ2) is 8.31. The van der Waals surface area contributed by atoms with E-state index in [1.807, 2.05) is 30.3 Å². The third-order valence-electron chi connectivity index (χ3n) is 5.04. The van der Waals surface area contributed by atoms with Crippen molar-refractivity contribution >= 4 is 35.2 Å². The number of carbonyl (C=O) groups is 3. The van der Waals surface area contributed by atoms with Crippen LogP contribution in [0.5, 0.6) is 0 Å². The smallest absolute Gasteiger partial charge is 0.251 e. The average molecular weight is 389 g/mol.